The highest BCUT2D eigenvalue weighted by Crippen LogP contribution is 2.15. The fourth-order valence-electron chi connectivity index (χ4n) is 0.995. The van der Waals surface area contributed by atoms with Crippen molar-refractivity contribution in [3.05, 3.63) is 12.2 Å². The molecule has 2 aliphatic heterocycles. The first-order valence-corrected chi connectivity index (χ1v) is 3.32. The van der Waals surface area contributed by atoms with Gasteiger partial charge >= 0.3 is 12.1 Å². The molecule has 0 aliphatic carbocycles. The number of amidine groups is 1. The Hall–Kier alpha value is -1.78. The molecule has 1 amide bonds. The molecule has 60 valence electrons. The summed E-state index contributed by atoms with van der Waals surface area (Å²) < 4.78 is 4.27. The summed E-state index contributed by atoms with van der Waals surface area (Å²) in [4.78, 5) is 28.8. The summed E-state index contributed by atoms with van der Waals surface area (Å²) in [5, 5.41) is 0. The number of amides is 1. The van der Waals surface area contributed by atoms with E-state index >= 15 is 0 Å². The SMILES string of the molecule is O=C1N=C2N=CC=CC2C(=O)O1. The molecular weight excluding hydrogens is 160 g/mol. The van der Waals surface area contributed by atoms with Crippen LogP contribution in [0.25, 0.3) is 0 Å². The van der Waals surface area contributed by atoms with Gasteiger partial charge in [-0.05, 0) is 6.08 Å². The summed E-state index contributed by atoms with van der Waals surface area (Å²) in [6.07, 6.45) is 3.78. The van der Waals surface area contributed by atoms with Crippen molar-refractivity contribution in [3.8, 4) is 0 Å². The molecule has 0 spiro atoms. The molecule has 0 fully saturated rings. The highest BCUT2D eigenvalue weighted by atomic mass is 16.6. The highest BCUT2D eigenvalue weighted by Gasteiger charge is 2.31. The van der Waals surface area contributed by atoms with Gasteiger partial charge in [0.15, 0.2) is 5.84 Å². The van der Waals surface area contributed by atoms with Crippen molar-refractivity contribution in [2.45, 2.75) is 0 Å². The van der Waals surface area contributed by atoms with Crippen molar-refractivity contribution in [3.63, 3.8) is 0 Å². The standard InChI is InChI=1S/C7H4N2O3/c10-6-4-2-1-3-8-5(4)9-7(11)12-6/h1-4H. The Balaban J connectivity index is 2.43. The van der Waals surface area contributed by atoms with Gasteiger partial charge in [0.2, 0.25) is 0 Å². The van der Waals surface area contributed by atoms with Gasteiger partial charge in [0.25, 0.3) is 0 Å². The molecule has 2 rings (SSSR count). The molecule has 12 heavy (non-hydrogen) atoms. The minimum absolute atomic E-state index is 0.207. The number of aliphatic imine (C=N–C) groups is 2. The van der Waals surface area contributed by atoms with Crippen molar-refractivity contribution in [1.82, 2.24) is 0 Å². The van der Waals surface area contributed by atoms with Crippen molar-refractivity contribution in [1.29, 1.82) is 0 Å². The third-order valence-corrected chi connectivity index (χ3v) is 1.52. The maximum Gasteiger partial charge on any atom is 0.443 e. The fourth-order valence-corrected chi connectivity index (χ4v) is 0.995. The van der Waals surface area contributed by atoms with E-state index < -0.39 is 18.0 Å². The Kier molecular flexibility index (Phi) is 1.36. The van der Waals surface area contributed by atoms with Crippen LogP contribution in [0.3, 0.4) is 0 Å². The van der Waals surface area contributed by atoms with Gasteiger partial charge in [-0.3, -0.25) is 4.79 Å². The lowest BCUT2D eigenvalue weighted by atomic mass is 10.1. The number of ether oxygens (including phenoxy) is 1. The van der Waals surface area contributed by atoms with Gasteiger partial charge in [-0.15, -0.1) is 0 Å². The number of dihydropyridines is 1. The molecule has 2 heterocycles. The maximum absolute atomic E-state index is 11.0. The molecule has 2 aliphatic rings. The van der Waals surface area contributed by atoms with Crippen LogP contribution >= 0.6 is 0 Å². The van der Waals surface area contributed by atoms with Crippen LogP contribution in [0.1, 0.15) is 0 Å². The molecule has 0 aromatic rings. The third kappa shape index (κ3) is 0.952. The Morgan fingerprint density at radius 3 is 3.08 bits per heavy atom. The zero-order valence-corrected chi connectivity index (χ0v) is 5.93. The molecule has 0 saturated carbocycles. The summed E-state index contributed by atoms with van der Waals surface area (Å²) in [5.74, 6) is -1.01. The summed E-state index contributed by atoms with van der Waals surface area (Å²) in [6.45, 7) is 0. The Bertz CT molecular complexity index is 341. The van der Waals surface area contributed by atoms with Crippen molar-refractivity contribution < 1.29 is 14.3 Å². The minimum Gasteiger partial charge on any atom is -0.374 e. The Morgan fingerprint density at radius 2 is 2.25 bits per heavy atom. The van der Waals surface area contributed by atoms with Crippen molar-refractivity contribution in [2.75, 3.05) is 0 Å². The summed E-state index contributed by atoms with van der Waals surface area (Å²) >= 11 is 0. The molecule has 0 bridgehead atoms. The van der Waals surface area contributed by atoms with E-state index in [1.54, 1.807) is 12.2 Å². The lowest BCUT2D eigenvalue weighted by Gasteiger charge is -2.15. The summed E-state index contributed by atoms with van der Waals surface area (Å²) in [6, 6.07) is 0. The normalized spacial score (nSPS) is 26.3. The molecular formula is C7H4N2O3. The molecule has 0 aromatic carbocycles. The van der Waals surface area contributed by atoms with Crippen LogP contribution < -0.4 is 0 Å². The van der Waals surface area contributed by atoms with Gasteiger partial charge < -0.3 is 4.74 Å². The van der Waals surface area contributed by atoms with E-state index in [9.17, 15) is 9.59 Å². The molecule has 1 atom stereocenters. The zero-order chi connectivity index (χ0) is 8.55. The van der Waals surface area contributed by atoms with Crippen LogP contribution in [0, 0.1) is 5.92 Å². The van der Waals surface area contributed by atoms with Gasteiger partial charge in [0.1, 0.15) is 5.92 Å². The predicted molar refractivity (Wildman–Crippen MR) is 40.0 cm³/mol. The smallest absolute Gasteiger partial charge is 0.374 e. The lowest BCUT2D eigenvalue weighted by Crippen LogP contribution is -2.31. The van der Waals surface area contributed by atoms with Crippen LogP contribution in [0.5, 0.6) is 0 Å². The summed E-state index contributed by atoms with van der Waals surface area (Å²) in [7, 11) is 0. The van der Waals surface area contributed by atoms with Crippen LogP contribution in [0.4, 0.5) is 4.79 Å². The number of carbonyl (C=O) groups excluding carboxylic acids is 2. The molecule has 0 saturated heterocycles. The van der Waals surface area contributed by atoms with Gasteiger partial charge in [-0.1, -0.05) is 6.08 Å². The van der Waals surface area contributed by atoms with Gasteiger partial charge in [-0.2, -0.15) is 4.99 Å². The third-order valence-electron chi connectivity index (χ3n) is 1.52. The minimum atomic E-state index is -0.890. The first kappa shape index (κ1) is 6.90. The number of cyclic esters (lactones) is 2. The number of hydrogen-bond acceptors (Lipinski definition) is 4. The number of nitrogens with zero attached hydrogens (tertiary/aromatic N) is 2. The number of allylic oxidation sites excluding steroid dienone is 1. The molecule has 0 N–H and O–H groups in total. The Morgan fingerprint density at radius 1 is 1.42 bits per heavy atom. The Labute approximate surface area is 67.5 Å². The fraction of sp³-hybridized carbons (Fsp3) is 0.143. The van der Waals surface area contributed by atoms with E-state index in [1.807, 2.05) is 0 Å². The number of hydrogen-bond donors (Lipinski definition) is 0. The van der Waals surface area contributed by atoms with Crippen LogP contribution in [-0.4, -0.2) is 24.1 Å². The average Bonchev–Trinajstić information content (AvgIpc) is 2.04. The quantitative estimate of drug-likeness (QED) is 0.382. The second kappa shape index (κ2) is 2.37. The van der Waals surface area contributed by atoms with Crippen molar-refractivity contribution in [2.24, 2.45) is 15.9 Å². The topological polar surface area (TPSA) is 68.1 Å². The van der Waals surface area contributed by atoms with Crippen LogP contribution in [-0.2, 0) is 9.53 Å². The van der Waals surface area contributed by atoms with Crippen molar-refractivity contribution >= 4 is 24.1 Å². The van der Waals surface area contributed by atoms with E-state index in [4.69, 9.17) is 0 Å². The first-order valence-electron chi connectivity index (χ1n) is 3.32. The van der Waals surface area contributed by atoms with Gasteiger partial charge in [-0.25, -0.2) is 9.79 Å². The monoisotopic (exact) mass is 164 g/mol. The first-order chi connectivity index (χ1) is 5.77. The van der Waals surface area contributed by atoms with Crippen LogP contribution in [0.15, 0.2) is 22.1 Å². The largest absolute Gasteiger partial charge is 0.443 e. The van der Waals surface area contributed by atoms with E-state index in [2.05, 4.69) is 14.7 Å². The number of carbonyl (C=O) groups is 2. The number of fused-ring (bicyclic) bond motifs is 1. The zero-order valence-electron chi connectivity index (χ0n) is 5.93. The van der Waals surface area contributed by atoms with Crippen LogP contribution in [0.2, 0.25) is 0 Å². The highest BCUT2D eigenvalue weighted by molar-refractivity contribution is 6.15. The second-order valence-corrected chi connectivity index (χ2v) is 2.30. The van der Waals surface area contributed by atoms with Gasteiger partial charge in [0.05, 0.1) is 0 Å². The molecule has 0 radical (unpaired) electrons. The van der Waals surface area contributed by atoms with E-state index in [0.717, 1.165) is 0 Å². The molecule has 1 unspecified atom stereocenters. The van der Waals surface area contributed by atoms with E-state index in [0.29, 0.717) is 0 Å². The second-order valence-electron chi connectivity index (χ2n) is 2.30. The van der Waals surface area contributed by atoms with E-state index in [1.165, 1.54) is 6.21 Å². The van der Waals surface area contributed by atoms with E-state index in [-0.39, 0.29) is 5.84 Å². The average molecular weight is 164 g/mol. The van der Waals surface area contributed by atoms with Gasteiger partial charge in [0, 0.05) is 6.21 Å². The summed E-state index contributed by atoms with van der Waals surface area (Å²) in [5.41, 5.74) is 0. The molecule has 5 heteroatoms. The maximum atomic E-state index is 11.0. The number of esters is 1. The molecule has 0 aromatic heterocycles. The number of rotatable bonds is 0. The molecule has 5 nitrogen and oxygen atoms in total. The predicted octanol–water partition coefficient (Wildman–Crippen LogP) is 0.319. The lowest BCUT2D eigenvalue weighted by molar-refractivity contribution is -0.138.